The van der Waals surface area contributed by atoms with Crippen molar-refractivity contribution in [2.24, 2.45) is 5.41 Å². The minimum atomic E-state index is -3.45. The Balaban J connectivity index is 2.83. The van der Waals surface area contributed by atoms with Crippen LogP contribution in [0.2, 0.25) is 0 Å². The molecule has 4 nitrogen and oxygen atoms in total. The first-order chi connectivity index (χ1) is 8.76. The van der Waals surface area contributed by atoms with E-state index < -0.39 is 10.0 Å². The number of hydrogen-bond donors (Lipinski definition) is 2. The van der Waals surface area contributed by atoms with E-state index in [1.807, 2.05) is 13.0 Å². The van der Waals surface area contributed by atoms with Gasteiger partial charge in [0.2, 0.25) is 10.0 Å². The number of sulfonamides is 1. The average Bonchev–Trinajstić information content (AvgIpc) is 2.28. The molecule has 0 saturated heterocycles. The van der Waals surface area contributed by atoms with Crippen molar-refractivity contribution in [2.45, 2.75) is 39.0 Å². The van der Waals surface area contributed by atoms with Gasteiger partial charge in [-0.15, -0.1) is 0 Å². The third kappa shape index (κ3) is 5.20. The number of hydrogen-bond acceptors (Lipinski definition) is 3. The summed E-state index contributed by atoms with van der Waals surface area (Å²) in [5, 5.41) is 3.07. The maximum Gasteiger partial charge on any atom is 0.242 e. The molecule has 19 heavy (non-hydrogen) atoms. The molecule has 0 unspecified atom stereocenters. The lowest BCUT2D eigenvalue weighted by Crippen LogP contribution is -2.28. The zero-order valence-electron chi connectivity index (χ0n) is 12.2. The van der Waals surface area contributed by atoms with E-state index in [4.69, 9.17) is 0 Å². The van der Waals surface area contributed by atoms with Gasteiger partial charge in [-0.25, -0.2) is 13.1 Å². The lowest BCUT2D eigenvalue weighted by Gasteiger charge is -2.18. The molecule has 1 aromatic carbocycles. The number of para-hydroxylation sites is 1. The number of nitrogens with one attached hydrogen (secondary N) is 2. The van der Waals surface area contributed by atoms with E-state index in [-0.39, 0.29) is 5.41 Å². The number of benzene rings is 1. The summed E-state index contributed by atoms with van der Waals surface area (Å²) in [4.78, 5) is 0.311. The molecule has 1 aromatic rings. The van der Waals surface area contributed by atoms with Crippen LogP contribution in [0.3, 0.4) is 0 Å². The largest absolute Gasteiger partial charge is 0.384 e. The minimum absolute atomic E-state index is 0.115. The van der Waals surface area contributed by atoms with Gasteiger partial charge in [0.25, 0.3) is 0 Å². The molecule has 0 fully saturated rings. The van der Waals surface area contributed by atoms with Gasteiger partial charge in [-0.2, -0.15) is 0 Å². The van der Waals surface area contributed by atoms with Gasteiger partial charge in [-0.3, -0.25) is 0 Å². The van der Waals surface area contributed by atoms with Gasteiger partial charge in [0, 0.05) is 13.1 Å². The highest BCUT2D eigenvalue weighted by Crippen LogP contribution is 2.21. The fourth-order valence-electron chi connectivity index (χ4n) is 1.68. The SMILES string of the molecule is CCNc1ccccc1S(=O)(=O)NCCC(C)(C)C. The van der Waals surface area contributed by atoms with Crippen LogP contribution in [-0.2, 0) is 10.0 Å². The summed E-state index contributed by atoms with van der Waals surface area (Å²) in [5.41, 5.74) is 0.761. The van der Waals surface area contributed by atoms with Crippen LogP contribution in [-0.4, -0.2) is 21.5 Å². The van der Waals surface area contributed by atoms with Crippen molar-refractivity contribution >= 4 is 15.7 Å². The second-order valence-corrected chi connectivity index (χ2v) is 7.47. The Morgan fingerprint density at radius 2 is 1.79 bits per heavy atom. The van der Waals surface area contributed by atoms with Crippen LogP contribution in [0.1, 0.15) is 34.1 Å². The molecule has 0 aliphatic heterocycles. The monoisotopic (exact) mass is 284 g/mol. The molecular weight excluding hydrogens is 260 g/mol. The fraction of sp³-hybridized carbons (Fsp3) is 0.571. The highest BCUT2D eigenvalue weighted by Gasteiger charge is 2.18. The topological polar surface area (TPSA) is 58.2 Å². The first kappa shape index (κ1) is 16.0. The summed E-state index contributed by atoms with van der Waals surface area (Å²) in [5.74, 6) is 0. The Hall–Kier alpha value is -1.07. The van der Waals surface area contributed by atoms with E-state index in [1.54, 1.807) is 18.2 Å². The fourth-order valence-corrected chi connectivity index (χ4v) is 2.89. The van der Waals surface area contributed by atoms with E-state index >= 15 is 0 Å². The van der Waals surface area contributed by atoms with Crippen molar-refractivity contribution in [1.82, 2.24) is 4.72 Å². The second kappa shape index (κ2) is 6.39. The molecule has 0 bridgehead atoms. The number of anilines is 1. The Morgan fingerprint density at radius 1 is 1.16 bits per heavy atom. The quantitative estimate of drug-likeness (QED) is 0.844. The molecule has 5 heteroatoms. The Bertz CT molecular complexity index is 504. The van der Waals surface area contributed by atoms with Crippen LogP contribution in [0.25, 0.3) is 0 Å². The van der Waals surface area contributed by atoms with E-state index in [0.29, 0.717) is 23.7 Å². The molecule has 2 N–H and O–H groups in total. The summed E-state index contributed by atoms with van der Waals surface area (Å²) in [6.07, 6.45) is 0.801. The highest BCUT2D eigenvalue weighted by atomic mass is 32.2. The molecule has 0 amide bonds. The third-order valence-corrected chi connectivity index (χ3v) is 4.23. The molecule has 0 heterocycles. The van der Waals surface area contributed by atoms with Gasteiger partial charge in [0.05, 0.1) is 5.69 Å². The molecule has 0 aliphatic carbocycles. The smallest absolute Gasteiger partial charge is 0.242 e. The van der Waals surface area contributed by atoms with Crippen molar-refractivity contribution < 1.29 is 8.42 Å². The van der Waals surface area contributed by atoms with Gasteiger partial charge < -0.3 is 5.32 Å². The van der Waals surface area contributed by atoms with E-state index in [1.165, 1.54) is 0 Å². The van der Waals surface area contributed by atoms with Crippen LogP contribution in [0.15, 0.2) is 29.2 Å². The molecule has 0 radical (unpaired) electrons. The van der Waals surface area contributed by atoms with E-state index in [9.17, 15) is 8.42 Å². The maximum atomic E-state index is 12.3. The van der Waals surface area contributed by atoms with Crippen LogP contribution < -0.4 is 10.0 Å². The predicted molar refractivity (Wildman–Crippen MR) is 79.9 cm³/mol. The van der Waals surface area contributed by atoms with Crippen molar-refractivity contribution in [3.05, 3.63) is 24.3 Å². The zero-order chi connectivity index (χ0) is 14.5. The standard InChI is InChI=1S/C14H24N2O2S/c1-5-15-12-8-6-7-9-13(12)19(17,18)16-11-10-14(2,3)4/h6-9,15-16H,5,10-11H2,1-4H3. The number of rotatable bonds is 6. The van der Waals surface area contributed by atoms with Crippen molar-refractivity contribution in [3.8, 4) is 0 Å². The van der Waals surface area contributed by atoms with Crippen LogP contribution in [0.4, 0.5) is 5.69 Å². The second-order valence-electron chi connectivity index (χ2n) is 5.73. The van der Waals surface area contributed by atoms with Gasteiger partial charge in [-0.05, 0) is 30.9 Å². The molecular formula is C14H24N2O2S. The van der Waals surface area contributed by atoms with Crippen LogP contribution in [0.5, 0.6) is 0 Å². The maximum absolute atomic E-state index is 12.3. The Labute approximate surface area is 116 Å². The lowest BCUT2D eigenvalue weighted by molar-refractivity contribution is 0.378. The lowest BCUT2D eigenvalue weighted by atomic mass is 9.93. The summed E-state index contributed by atoms with van der Waals surface area (Å²) in [7, 11) is -3.45. The molecule has 0 spiro atoms. The Morgan fingerprint density at radius 3 is 2.37 bits per heavy atom. The summed E-state index contributed by atoms with van der Waals surface area (Å²) >= 11 is 0. The predicted octanol–water partition coefficient (Wildman–Crippen LogP) is 2.83. The van der Waals surface area contributed by atoms with Crippen molar-refractivity contribution in [1.29, 1.82) is 0 Å². The van der Waals surface area contributed by atoms with E-state index in [2.05, 4.69) is 30.8 Å². The summed E-state index contributed by atoms with van der Waals surface area (Å²) in [6, 6.07) is 6.96. The molecule has 0 atom stereocenters. The third-order valence-electron chi connectivity index (χ3n) is 2.71. The molecule has 0 aliphatic rings. The first-order valence-electron chi connectivity index (χ1n) is 6.59. The molecule has 0 saturated carbocycles. The van der Waals surface area contributed by atoms with Crippen molar-refractivity contribution in [2.75, 3.05) is 18.4 Å². The summed E-state index contributed by atoms with van der Waals surface area (Å²) < 4.78 is 27.2. The van der Waals surface area contributed by atoms with Gasteiger partial charge in [0.1, 0.15) is 4.90 Å². The molecule has 1 rings (SSSR count). The Kier molecular flexibility index (Phi) is 5.38. The highest BCUT2D eigenvalue weighted by molar-refractivity contribution is 7.89. The first-order valence-corrected chi connectivity index (χ1v) is 8.07. The average molecular weight is 284 g/mol. The van der Waals surface area contributed by atoms with Gasteiger partial charge in [-0.1, -0.05) is 32.9 Å². The summed E-state index contributed by atoms with van der Waals surface area (Å²) in [6.45, 7) is 9.35. The van der Waals surface area contributed by atoms with Gasteiger partial charge >= 0.3 is 0 Å². The van der Waals surface area contributed by atoms with Gasteiger partial charge in [0.15, 0.2) is 0 Å². The van der Waals surface area contributed by atoms with E-state index in [0.717, 1.165) is 6.42 Å². The molecule has 0 aromatic heterocycles. The molecule has 108 valence electrons. The zero-order valence-corrected chi connectivity index (χ0v) is 13.0. The van der Waals surface area contributed by atoms with Crippen LogP contribution in [0, 0.1) is 5.41 Å². The normalized spacial score (nSPS) is 12.4. The van der Waals surface area contributed by atoms with Crippen molar-refractivity contribution in [3.63, 3.8) is 0 Å². The minimum Gasteiger partial charge on any atom is -0.384 e. The van der Waals surface area contributed by atoms with Crippen LogP contribution >= 0.6 is 0 Å².